The van der Waals surface area contributed by atoms with E-state index in [9.17, 15) is 9.90 Å². The maximum Gasteiger partial charge on any atom is 3.00 e. The van der Waals surface area contributed by atoms with Gasteiger partial charge < -0.3 is 5.11 Å². The number of fused-ring (bicyclic) bond motifs is 1. The van der Waals surface area contributed by atoms with Crippen LogP contribution < -0.4 is 42.4 Å². The zero-order valence-electron chi connectivity index (χ0n) is 25.6. The molecular formula is C32H29Cl2CoN4O10. The van der Waals surface area contributed by atoms with Crippen LogP contribution in [0.15, 0.2) is 127 Å². The van der Waals surface area contributed by atoms with Crippen molar-refractivity contribution < 1.29 is 84.4 Å². The molecule has 0 aliphatic heterocycles. The Kier molecular flexibility index (Phi) is 19.3. The summed E-state index contributed by atoms with van der Waals surface area (Å²) in [5.41, 5.74) is 3.70. The molecule has 5 aromatic rings. The van der Waals surface area contributed by atoms with Gasteiger partial charge in [-0.15, -0.1) is 26.2 Å². The number of carbonyl (C=O) groups excluding carboxylic acids is 1. The molecule has 0 fully saturated rings. The fourth-order valence-electron chi connectivity index (χ4n) is 3.94. The van der Waals surface area contributed by atoms with Gasteiger partial charge in [-0.25, -0.2) is 37.3 Å². The van der Waals surface area contributed by atoms with Gasteiger partial charge in [0.1, 0.15) is 0 Å². The van der Waals surface area contributed by atoms with E-state index in [1.807, 2.05) is 104 Å². The molecule has 3 heterocycles. The first kappa shape index (κ1) is 43.1. The van der Waals surface area contributed by atoms with Crippen LogP contribution in [0.2, 0.25) is 0 Å². The van der Waals surface area contributed by atoms with Gasteiger partial charge in [-0.3, -0.25) is 24.6 Å². The molecule has 260 valence electrons. The molecule has 0 bridgehead atoms. The molecule has 0 atom stereocenters. The molecule has 0 aliphatic carbocycles. The third kappa shape index (κ3) is 21.6. The Bertz CT molecular complexity index is 1570. The van der Waals surface area contributed by atoms with Crippen LogP contribution in [0.3, 0.4) is 0 Å². The van der Waals surface area contributed by atoms with Crippen molar-refractivity contribution in [2.45, 2.75) is 26.6 Å². The molecule has 14 nitrogen and oxygen atoms in total. The summed E-state index contributed by atoms with van der Waals surface area (Å²) in [6, 6.07) is 31.2. The molecule has 3 aromatic heterocycles. The molecule has 0 amide bonds. The summed E-state index contributed by atoms with van der Waals surface area (Å²) < 4.78 is 67.9. The average molecular weight is 759 g/mol. The van der Waals surface area contributed by atoms with Gasteiger partial charge in [0, 0.05) is 43.8 Å². The summed E-state index contributed by atoms with van der Waals surface area (Å²) >= 11 is 0. The first-order valence-electron chi connectivity index (χ1n) is 13.6. The van der Waals surface area contributed by atoms with Gasteiger partial charge in [0.15, 0.2) is 5.78 Å². The minimum atomic E-state index is -4.94. The van der Waals surface area contributed by atoms with Crippen molar-refractivity contribution in [3.63, 3.8) is 0 Å². The summed E-state index contributed by atoms with van der Waals surface area (Å²) in [5, 5.41) is 12.9. The van der Waals surface area contributed by atoms with Crippen molar-refractivity contribution >= 4 is 16.6 Å². The SMILES string of the molecule is C/C([O-])=C/C(=O)c1ccc2ccccc2c1.[Co+3].[O-][Cl+3]([O-])([O-])[O-].[O-][Cl+3]([O-])([O-])[O-].c1ccc(CN(Cc2ccccn2)Cc2ccccn2)nc1. The minimum Gasteiger partial charge on any atom is -0.876 e. The normalized spacial score (nSPS) is 11.1. The molecule has 0 unspecified atom stereocenters. The number of nitrogens with zero attached hydrogens (tertiary/aromatic N) is 4. The molecule has 49 heavy (non-hydrogen) atoms. The van der Waals surface area contributed by atoms with Crippen molar-refractivity contribution in [2.75, 3.05) is 0 Å². The van der Waals surface area contributed by atoms with Crippen molar-refractivity contribution in [2.24, 2.45) is 0 Å². The van der Waals surface area contributed by atoms with Crippen LogP contribution in [0.25, 0.3) is 10.8 Å². The second-order valence-corrected chi connectivity index (χ2v) is 11.1. The average Bonchev–Trinajstić information content (AvgIpc) is 3.01. The predicted molar refractivity (Wildman–Crippen MR) is 148 cm³/mol. The number of aromatic nitrogens is 3. The van der Waals surface area contributed by atoms with Gasteiger partial charge in [-0.2, -0.15) is 0 Å². The number of carbonyl (C=O) groups is 1. The Morgan fingerprint density at radius 2 is 0.980 bits per heavy atom. The van der Waals surface area contributed by atoms with Crippen molar-refractivity contribution in [1.29, 1.82) is 0 Å². The number of rotatable bonds is 8. The van der Waals surface area contributed by atoms with Gasteiger partial charge in [-0.05, 0) is 59.3 Å². The van der Waals surface area contributed by atoms with E-state index in [4.69, 9.17) is 37.3 Å². The molecule has 0 N–H and O–H groups in total. The Balaban J connectivity index is 0.000000389. The Morgan fingerprint density at radius 1 is 0.612 bits per heavy atom. The zero-order valence-corrected chi connectivity index (χ0v) is 28.2. The van der Waals surface area contributed by atoms with Crippen LogP contribution in [-0.2, 0) is 36.4 Å². The van der Waals surface area contributed by atoms with E-state index in [0.29, 0.717) is 5.56 Å². The van der Waals surface area contributed by atoms with Gasteiger partial charge in [0.2, 0.25) is 0 Å². The summed E-state index contributed by atoms with van der Waals surface area (Å²) in [6.45, 7) is 3.69. The molecule has 0 saturated carbocycles. The molecule has 0 saturated heterocycles. The van der Waals surface area contributed by atoms with Crippen LogP contribution >= 0.6 is 0 Å². The van der Waals surface area contributed by atoms with E-state index in [-0.39, 0.29) is 28.3 Å². The number of ketones is 1. The quantitative estimate of drug-likeness (QED) is 0.0826. The van der Waals surface area contributed by atoms with Crippen LogP contribution in [0.5, 0.6) is 0 Å². The summed E-state index contributed by atoms with van der Waals surface area (Å²) in [7, 11) is -9.89. The Labute approximate surface area is 296 Å². The molecular weight excluding hydrogens is 730 g/mol. The maximum atomic E-state index is 11.6. The second kappa shape index (κ2) is 21.9. The Hall–Kier alpha value is -3.91. The van der Waals surface area contributed by atoms with E-state index in [1.54, 1.807) is 12.1 Å². The number of pyridine rings is 3. The van der Waals surface area contributed by atoms with Crippen molar-refractivity contribution in [3.05, 3.63) is 150 Å². The maximum absolute atomic E-state index is 11.6. The van der Waals surface area contributed by atoms with E-state index in [1.165, 1.54) is 6.92 Å². The van der Waals surface area contributed by atoms with Crippen LogP contribution in [0, 0.1) is 20.5 Å². The van der Waals surface area contributed by atoms with E-state index in [2.05, 4.69) is 19.9 Å². The van der Waals surface area contributed by atoms with Crippen LogP contribution in [0.4, 0.5) is 0 Å². The van der Waals surface area contributed by atoms with Crippen LogP contribution in [-0.4, -0.2) is 25.6 Å². The van der Waals surface area contributed by atoms with Crippen molar-refractivity contribution in [1.82, 2.24) is 19.9 Å². The van der Waals surface area contributed by atoms with Crippen LogP contribution in [0.1, 0.15) is 34.4 Å². The first-order chi connectivity index (χ1) is 22.6. The molecule has 0 radical (unpaired) electrons. The topological polar surface area (TPSA) is 267 Å². The predicted octanol–water partition coefficient (Wildman–Crippen LogP) is -4.15. The van der Waals surface area contributed by atoms with Gasteiger partial charge >= 0.3 is 16.8 Å². The largest absolute Gasteiger partial charge is 3.00 e. The van der Waals surface area contributed by atoms with E-state index in [0.717, 1.165) is 53.6 Å². The zero-order chi connectivity index (χ0) is 35.6. The first-order valence-corrected chi connectivity index (χ1v) is 16.1. The summed E-state index contributed by atoms with van der Waals surface area (Å²) in [5.74, 6) is -0.462. The second-order valence-electron chi connectivity index (χ2n) is 9.55. The molecule has 0 aliphatic rings. The van der Waals surface area contributed by atoms with Gasteiger partial charge in [0.25, 0.3) is 0 Å². The standard InChI is InChI=1S/C18H18N4.C14H12O2.2ClHO4.Co/c1-4-10-19-16(7-1)13-22(14-17-8-2-5-11-20-17)15-18-9-3-6-12-21-18;1-10(15)8-14(16)13-7-6-11-4-2-3-5-12(11)9-13;2*2-1(3,4)5;/h1-12H,13-15H2;2-9,15H,1H3;2*(H,2,3,4,5);/q;;;;+3/p-3/b;10-8-;;;. The molecule has 0 spiro atoms. The van der Waals surface area contributed by atoms with Gasteiger partial charge in [0.05, 0.1) is 17.1 Å². The third-order valence-corrected chi connectivity index (χ3v) is 5.70. The number of hydrogen-bond acceptors (Lipinski definition) is 14. The number of benzene rings is 2. The fraction of sp³-hybridized carbons (Fsp3) is 0.125. The number of allylic oxidation sites excluding steroid dienone is 2. The smallest absolute Gasteiger partial charge is 0.876 e. The van der Waals surface area contributed by atoms with E-state index < -0.39 is 20.5 Å². The van der Waals surface area contributed by atoms with Gasteiger partial charge in [-0.1, -0.05) is 61.5 Å². The van der Waals surface area contributed by atoms with Crippen molar-refractivity contribution in [3.8, 4) is 0 Å². The Morgan fingerprint density at radius 3 is 1.33 bits per heavy atom. The molecule has 2 aromatic carbocycles. The molecule has 17 heteroatoms. The van der Waals surface area contributed by atoms with E-state index >= 15 is 0 Å². The summed E-state index contributed by atoms with van der Waals surface area (Å²) in [4.78, 5) is 27.2. The number of hydrogen-bond donors (Lipinski definition) is 0. The fourth-order valence-corrected chi connectivity index (χ4v) is 3.94. The summed E-state index contributed by atoms with van der Waals surface area (Å²) in [6.07, 6.45) is 6.60. The number of halogens is 2. The molecule has 5 rings (SSSR count). The third-order valence-electron chi connectivity index (χ3n) is 5.70. The minimum absolute atomic E-state index is 0. The monoisotopic (exact) mass is 758 g/mol.